The second-order valence-corrected chi connectivity index (χ2v) is 6.09. The van der Waals surface area contributed by atoms with E-state index in [9.17, 15) is 14.4 Å². The Hall–Kier alpha value is -3.41. The van der Waals surface area contributed by atoms with Gasteiger partial charge in [-0.3, -0.25) is 14.4 Å². The fourth-order valence-corrected chi connectivity index (χ4v) is 2.79. The van der Waals surface area contributed by atoms with Gasteiger partial charge in [-0.2, -0.15) is 0 Å². The molecule has 3 rings (SSSR count). The summed E-state index contributed by atoms with van der Waals surface area (Å²) in [6.45, 7) is 3.79. The van der Waals surface area contributed by atoms with Crippen LogP contribution in [0.5, 0.6) is 5.75 Å². The van der Waals surface area contributed by atoms with E-state index < -0.39 is 0 Å². The van der Waals surface area contributed by atoms with E-state index in [4.69, 9.17) is 4.74 Å². The molecule has 1 amide bonds. The maximum atomic E-state index is 12.4. The van der Waals surface area contributed by atoms with E-state index in [0.717, 1.165) is 0 Å². The molecule has 1 aromatic heterocycles. The summed E-state index contributed by atoms with van der Waals surface area (Å²) in [5.41, 5.74) is 1.07. The smallest absolute Gasteiger partial charge is 0.262 e. The lowest BCUT2D eigenvalue weighted by Gasteiger charge is -2.11. The average Bonchev–Trinajstić information content (AvgIpc) is 2.67. The van der Waals surface area contributed by atoms with Gasteiger partial charge < -0.3 is 14.6 Å². The number of fused-ring (bicyclic) bond motifs is 1. The molecule has 0 saturated carbocycles. The number of Topliss-reactive ketones (excluding diaryl/α,β-unsaturated/α-hetero) is 1. The minimum Gasteiger partial charge on any atom is -0.483 e. The third-order valence-electron chi connectivity index (χ3n) is 4.25. The number of ether oxygens (including phenoxy) is 1. The van der Waals surface area contributed by atoms with E-state index in [0.29, 0.717) is 34.3 Å². The van der Waals surface area contributed by atoms with Crippen LogP contribution in [0.2, 0.25) is 0 Å². The number of aryl methyl sites for hydroxylation is 1. The van der Waals surface area contributed by atoms with Crippen molar-refractivity contribution >= 4 is 28.2 Å². The second kappa shape index (κ2) is 7.86. The van der Waals surface area contributed by atoms with Gasteiger partial charge in [0.05, 0.1) is 5.39 Å². The van der Waals surface area contributed by atoms with E-state index in [1.165, 1.54) is 6.92 Å². The van der Waals surface area contributed by atoms with Gasteiger partial charge in [-0.05, 0) is 56.3 Å². The van der Waals surface area contributed by atoms with Gasteiger partial charge in [0, 0.05) is 29.4 Å². The summed E-state index contributed by atoms with van der Waals surface area (Å²) >= 11 is 0. The number of anilines is 1. The SMILES string of the molecule is CCn1ccc2c(OCC(=O)Nc3ccc(C(C)=O)cc3)cccc2c1=O. The van der Waals surface area contributed by atoms with Gasteiger partial charge in [0.15, 0.2) is 12.4 Å². The number of hydrogen-bond donors (Lipinski definition) is 1. The summed E-state index contributed by atoms with van der Waals surface area (Å²) in [6, 6.07) is 13.7. The highest BCUT2D eigenvalue weighted by Gasteiger charge is 2.09. The summed E-state index contributed by atoms with van der Waals surface area (Å²) in [5.74, 6) is 0.119. The number of hydrogen-bond acceptors (Lipinski definition) is 4. The monoisotopic (exact) mass is 364 g/mol. The van der Waals surface area contributed by atoms with Crippen LogP contribution in [0.1, 0.15) is 24.2 Å². The Morgan fingerprint density at radius 3 is 2.44 bits per heavy atom. The molecule has 0 radical (unpaired) electrons. The molecule has 0 unspecified atom stereocenters. The molecular weight excluding hydrogens is 344 g/mol. The largest absolute Gasteiger partial charge is 0.483 e. The molecule has 1 heterocycles. The number of ketones is 1. The number of nitrogens with zero attached hydrogens (tertiary/aromatic N) is 1. The maximum Gasteiger partial charge on any atom is 0.262 e. The Kier molecular flexibility index (Phi) is 5.35. The number of benzene rings is 2. The van der Waals surface area contributed by atoms with Crippen LogP contribution < -0.4 is 15.6 Å². The molecule has 6 nitrogen and oxygen atoms in total. The molecule has 0 fully saturated rings. The molecule has 3 aromatic rings. The van der Waals surface area contributed by atoms with Gasteiger partial charge in [-0.1, -0.05) is 6.07 Å². The predicted molar refractivity (Wildman–Crippen MR) is 104 cm³/mol. The highest BCUT2D eigenvalue weighted by molar-refractivity contribution is 5.96. The van der Waals surface area contributed by atoms with Crippen molar-refractivity contribution < 1.29 is 14.3 Å². The number of carbonyl (C=O) groups excluding carboxylic acids is 2. The van der Waals surface area contributed by atoms with Crippen molar-refractivity contribution in [2.75, 3.05) is 11.9 Å². The number of rotatable bonds is 6. The van der Waals surface area contributed by atoms with Crippen molar-refractivity contribution in [3.8, 4) is 5.75 Å². The molecule has 1 N–H and O–H groups in total. The maximum absolute atomic E-state index is 12.4. The minimum absolute atomic E-state index is 0.0331. The van der Waals surface area contributed by atoms with Crippen molar-refractivity contribution in [1.29, 1.82) is 0 Å². The normalized spacial score (nSPS) is 10.6. The standard InChI is InChI=1S/C21H20N2O4/c1-3-23-12-11-17-18(21(23)26)5-4-6-19(17)27-13-20(25)22-16-9-7-15(8-10-16)14(2)24/h4-12H,3,13H2,1-2H3,(H,22,25). The highest BCUT2D eigenvalue weighted by atomic mass is 16.5. The van der Waals surface area contributed by atoms with Gasteiger partial charge in [-0.25, -0.2) is 0 Å². The molecule has 0 aliphatic carbocycles. The molecule has 2 aromatic carbocycles. The number of aromatic nitrogens is 1. The van der Waals surface area contributed by atoms with Crippen LogP contribution in [0.4, 0.5) is 5.69 Å². The van der Waals surface area contributed by atoms with Crippen LogP contribution in [0.15, 0.2) is 59.5 Å². The van der Waals surface area contributed by atoms with E-state index in [-0.39, 0.29) is 23.9 Å². The third kappa shape index (κ3) is 4.06. The summed E-state index contributed by atoms with van der Waals surface area (Å²) in [4.78, 5) is 35.8. The third-order valence-corrected chi connectivity index (χ3v) is 4.25. The van der Waals surface area contributed by atoms with E-state index >= 15 is 0 Å². The summed E-state index contributed by atoms with van der Waals surface area (Å²) in [7, 11) is 0. The predicted octanol–water partition coefficient (Wildman–Crippen LogP) is 3.24. The second-order valence-electron chi connectivity index (χ2n) is 6.09. The van der Waals surface area contributed by atoms with Crippen molar-refractivity contribution in [2.24, 2.45) is 0 Å². The van der Waals surface area contributed by atoms with Crippen LogP contribution in [0.3, 0.4) is 0 Å². The van der Waals surface area contributed by atoms with E-state index in [1.807, 2.05) is 13.0 Å². The first-order chi connectivity index (χ1) is 13.0. The molecule has 0 bridgehead atoms. The molecule has 0 aliphatic rings. The first-order valence-corrected chi connectivity index (χ1v) is 8.65. The van der Waals surface area contributed by atoms with Crippen LogP contribution in [0.25, 0.3) is 10.8 Å². The van der Waals surface area contributed by atoms with Gasteiger partial charge in [0.2, 0.25) is 0 Å². The lowest BCUT2D eigenvalue weighted by molar-refractivity contribution is -0.118. The average molecular weight is 364 g/mol. The van der Waals surface area contributed by atoms with Crippen molar-refractivity contribution in [1.82, 2.24) is 4.57 Å². The molecule has 0 spiro atoms. The number of amides is 1. The van der Waals surface area contributed by atoms with Crippen molar-refractivity contribution in [2.45, 2.75) is 20.4 Å². The Morgan fingerprint density at radius 2 is 1.78 bits per heavy atom. The van der Waals surface area contributed by atoms with Gasteiger partial charge in [0.1, 0.15) is 5.75 Å². The fourth-order valence-electron chi connectivity index (χ4n) is 2.79. The van der Waals surface area contributed by atoms with E-state index in [1.54, 1.807) is 53.2 Å². The molecular formula is C21H20N2O4. The molecule has 6 heteroatoms. The van der Waals surface area contributed by atoms with Crippen LogP contribution >= 0.6 is 0 Å². The molecule has 0 atom stereocenters. The zero-order chi connectivity index (χ0) is 19.4. The molecule has 0 aliphatic heterocycles. The topological polar surface area (TPSA) is 77.4 Å². The fraction of sp³-hybridized carbons (Fsp3) is 0.190. The van der Waals surface area contributed by atoms with Crippen LogP contribution in [-0.4, -0.2) is 22.9 Å². The van der Waals surface area contributed by atoms with Gasteiger partial charge in [-0.15, -0.1) is 0 Å². The quantitative estimate of drug-likeness (QED) is 0.681. The van der Waals surface area contributed by atoms with Gasteiger partial charge in [0.25, 0.3) is 11.5 Å². The Morgan fingerprint density at radius 1 is 1.04 bits per heavy atom. The van der Waals surface area contributed by atoms with Crippen LogP contribution in [0, 0.1) is 0 Å². The highest BCUT2D eigenvalue weighted by Crippen LogP contribution is 2.23. The number of pyridine rings is 1. The molecule has 0 saturated heterocycles. The molecule has 138 valence electrons. The van der Waals surface area contributed by atoms with Crippen molar-refractivity contribution in [3.63, 3.8) is 0 Å². The Balaban J connectivity index is 1.71. The van der Waals surface area contributed by atoms with Crippen LogP contribution in [-0.2, 0) is 11.3 Å². The lowest BCUT2D eigenvalue weighted by Crippen LogP contribution is -2.21. The van der Waals surface area contributed by atoms with Crippen molar-refractivity contribution in [3.05, 3.63) is 70.6 Å². The Bertz CT molecular complexity index is 1050. The van der Waals surface area contributed by atoms with Gasteiger partial charge >= 0.3 is 0 Å². The summed E-state index contributed by atoms with van der Waals surface area (Å²) in [5, 5.41) is 3.94. The summed E-state index contributed by atoms with van der Waals surface area (Å²) in [6.07, 6.45) is 1.72. The first kappa shape index (κ1) is 18.4. The molecule has 27 heavy (non-hydrogen) atoms. The number of carbonyl (C=O) groups is 2. The minimum atomic E-state index is -0.329. The lowest BCUT2D eigenvalue weighted by atomic mass is 10.1. The summed E-state index contributed by atoms with van der Waals surface area (Å²) < 4.78 is 7.24. The zero-order valence-corrected chi connectivity index (χ0v) is 15.2. The first-order valence-electron chi connectivity index (χ1n) is 8.65. The number of nitrogens with one attached hydrogen (secondary N) is 1. The zero-order valence-electron chi connectivity index (χ0n) is 15.2. The Labute approximate surface area is 156 Å². The van der Waals surface area contributed by atoms with E-state index in [2.05, 4.69) is 5.32 Å².